The lowest BCUT2D eigenvalue weighted by molar-refractivity contribution is -0.387. The summed E-state index contributed by atoms with van der Waals surface area (Å²) in [5.74, 6) is -0.701. The summed E-state index contributed by atoms with van der Waals surface area (Å²) >= 11 is 1.31. The van der Waals surface area contributed by atoms with Gasteiger partial charge in [-0.1, -0.05) is 47.7 Å². The maximum Gasteiger partial charge on any atom is 0.283 e. The molecule has 6 nitrogen and oxygen atoms in total. The molecule has 0 aromatic heterocycles. The maximum absolute atomic E-state index is 13.6. The van der Waals surface area contributed by atoms with Crippen molar-refractivity contribution in [2.45, 2.75) is 22.9 Å². The molecule has 0 saturated heterocycles. The topological polar surface area (TPSA) is 75.5 Å². The molecule has 4 aromatic carbocycles. The van der Waals surface area contributed by atoms with Gasteiger partial charge < -0.3 is 5.32 Å². The van der Waals surface area contributed by atoms with Crippen LogP contribution < -0.4 is 10.2 Å². The maximum atomic E-state index is 13.6. The van der Waals surface area contributed by atoms with Gasteiger partial charge in [0.05, 0.1) is 15.4 Å². The van der Waals surface area contributed by atoms with Crippen LogP contribution in [0.1, 0.15) is 27.7 Å². The first-order valence-electron chi connectivity index (χ1n) is 10.9. The van der Waals surface area contributed by atoms with Gasteiger partial charge in [-0.15, -0.1) is 0 Å². The van der Waals surface area contributed by atoms with Crippen LogP contribution in [0, 0.1) is 22.9 Å². The molecular formula is C27H20FN3O3S. The average molecular weight is 486 g/mol. The largest absolute Gasteiger partial charge is 0.360 e. The SMILES string of the molecule is Cc1ccc(Sc2ccc([C@@H]3Nc4ccccc4C(=O)N3c3ccc(F)cc3)cc2[N+](=O)[O-])cc1. The Morgan fingerprint density at radius 2 is 1.69 bits per heavy atom. The van der Waals surface area contributed by atoms with E-state index in [1.165, 1.54) is 47.0 Å². The highest BCUT2D eigenvalue weighted by Crippen LogP contribution is 2.41. The number of nitro benzene ring substituents is 1. The fraction of sp³-hybridized carbons (Fsp3) is 0.0741. The number of carbonyl (C=O) groups is 1. The predicted molar refractivity (Wildman–Crippen MR) is 134 cm³/mol. The highest BCUT2D eigenvalue weighted by molar-refractivity contribution is 7.99. The van der Waals surface area contributed by atoms with Crippen LogP contribution in [0.4, 0.5) is 21.5 Å². The number of para-hydroxylation sites is 1. The van der Waals surface area contributed by atoms with Crippen molar-refractivity contribution in [2.75, 3.05) is 10.2 Å². The number of amides is 1. The smallest absolute Gasteiger partial charge is 0.283 e. The second-order valence-corrected chi connectivity index (χ2v) is 9.26. The zero-order valence-electron chi connectivity index (χ0n) is 18.6. The molecule has 0 aliphatic carbocycles. The van der Waals surface area contributed by atoms with Gasteiger partial charge in [-0.25, -0.2) is 4.39 Å². The Labute approximate surface area is 205 Å². The Morgan fingerprint density at radius 3 is 2.40 bits per heavy atom. The van der Waals surface area contributed by atoms with Gasteiger partial charge >= 0.3 is 0 Å². The number of rotatable bonds is 5. The van der Waals surface area contributed by atoms with E-state index in [1.54, 1.807) is 30.3 Å². The number of hydrogen-bond acceptors (Lipinski definition) is 5. The molecule has 8 heteroatoms. The van der Waals surface area contributed by atoms with Crippen molar-refractivity contribution in [2.24, 2.45) is 0 Å². The predicted octanol–water partition coefficient (Wildman–Crippen LogP) is 6.96. The van der Waals surface area contributed by atoms with Gasteiger partial charge in [-0.05, 0) is 61.5 Å². The van der Waals surface area contributed by atoms with Gasteiger partial charge in [0, 0.05) is 27.9 Å². The van der Waals surface area contributed by atoms with Crippen molar-refractivity contribution < 1.29 is 14.1 Å². The van der Waals surface area contributed by atoms with Crippen LogP contribution in [0.25, 0.3) is 0 Å². The zero-order chi connectivity index (χ0) is 24.5. The van der Waals surface area contributed by atoms with Crippen LogP contribution in [0.5, 0.6) is 0 Å². The Balaban J connectivity index is 1.58. The number of anilines is 2. The molecule has 0 spiro atoms. The Morgan fingerprint density at radius 1 is 0.971 bits per heavy atom. The number of nitro groups is 1. The monoisotopic (exact) mass is 485 g/mol. The molecule has 0 saturated carbocycles. The van der Waals surface area contributed by atoms with Crippen LogP contribution in [-0.2, 0) is 0 Å². The van der Waals surface area contributed by atoms with Gasteiger partial charge in [0.15, 0.2) is 0 Å². The average Bonchev–Trinajstić information content (AvgIpc) is 2.86. The highest BCUT2D eigenvalue weighted by atomic mass is 32.2. The second-order valence-electron chi connectivity index (χ2n) is 8.14. The standard InChI is InChI=1S/C27H20FN3O3S/c1-17-6-13-21(14-7-17)35-25-15-8-18(16-24(25)31(33)34)26-29-23-5-3-2-4-22(23)27(32)30(26)20-11-9-19(28)10-12-20/h2-16,26,29H,1H3/t26-/m1/s1. The molecule has 4 aromatic rings. The first kappa shape index (κ1) is 22.6. The summed E-state index contributed by atoms with van der Waals surface area (Å²) in [7, 11) is 0. The third-order valence-electron chi connectivity index (χ3n) is 5.78. The van der Waals surface area contributed by atoms with Crippen molar-refractivity contribution in [3.8, 4) is 0 Å². The van der Waals surface area contributed by atoms with Crippen LogP contribution in [0.2, 0.25) is 0 Å². The van der Waals surface area contributed by atoms with Crippen molar-refractivity contribution in [1.29, 1.82) is 0 Å². The number of nitrogens with one attached hydrogen (secondary N) is 1. The number of hydrogen-bond donors (Lipinski definition) is 1. The van der Waals surface area contributed by atoms with Crippen LogP contribution >= 0.6 is 11.8 Å². The summed E-state index contributed by atoms with van der Waals surface area (Å²) in [6.45, 7) is 1.98. The molecule has 0 bridgehead atoms. The van der Waals surface area contributed by atoms with Crippen molar-refractivity contribution in [3.05, 3.63) is 124 Å². The Hall–Kier alpha value is -4.17. The molecule has 1 heterocycles. The van der Waals surface area contributed by atoms with Gasteiger partial charge in [0.2, 0.25) is 0 Å². The molecule has 0 unspecified atom stereocenters. The summed E-state index contributed by atoms with van der Waals surface area (Å²) in [4.78, 5) is 28.0. The first-order valence-corrected chi connectivity index (χ1v) is 11.7. The minimum atomic E-state index is -0.722. The first-order chi connectivity index (χ1) is 16.9. The van der Waals surface area contributed by atoms with E-state index in [9.17, 15) is 19.3 Å². The normalized spacial score (nSPS) is 14.9. The number of nitrogens with zero attached hydrogens (tertiary/aromatic N) is 2. The zero-order valence-corrected chi connectivity index (χ0v) is 19.5. The summed E-state index contributed by atoms with van der Waals surface area (Å²) in [5.41, 5.74) is 3.16. The summed E-state index contributed by atoms with van der Waals surface area (Å²) in [5, 5.41) is 15.3. The number of carbonyl (C=O) groups excluding carboxylic acids is 1. The minimum Gasteiger partial charge on any atom is -0.360 e. The van der Waals surface area contributed by atoms with E-state index >= 15 is 0 Å². The number of aryl methyl sites for hydroxylation is 1. The van der Waals surface area contributed by atoms with E-state index in [0.29, 0.717) is 27.4 Å². The molecular weight excluding hydrogens is 465 g/mol. The molecule has 0 fully saturated rings. The Kier molecular flexibility index (Phi) is 5.96. The third-order valence-corrected chi connectivity index (χ3v) is 6.85. The molecule has 1 aliphatic rings. The molecule has 1 atom stereocenters. The fourth-order valence-electron chi connectivity index (χ4n) is 4.02. The lowest BCUT2D eigenvalue weighted by Crippen LogP contribution is -2.43. The van der Waals surface area contributed by atoms with Gasteiger partial charge in [0.1, 0.15) is 12.0 Å². The molecule has 35 heavy (non-hydrogen) atoms. The van der Waals surface area contributed by atoms with Gasteiger partial charge in [-0.3, -0.25) is 19.8 Å². The summed E-state index contributed by atoms with van der Waals surface area (Å²) in [6, 6.07) is 25.4. The Bertz CT molecular complexity index is 1420. The van der Waals surface area contributed by atoms with Gasteiger partial charge in [0.25, 0.3) is 11.6 Å². The van der Waals surface area contributed by atoms with E-state index in [-0.39, 0.29) is 11.6 Å². The van der Waals surface area contributed by atoms with E-state index in [1.807, 2.05) is 37.3 Å². The van der Waals surface area contributed by atoms with E-state index in [0.717, 1.165) is 10.5 Å². The van der Waals surface area contributed by atoms with Crippen LogP contribution in [0.15, 0.2) is 101 Å². The van der Waals surface area contributed by atoms with Crippen LogP contribution in [0.3, 0.4) is 0 Å². The van der Waals surface area contributed by atoms with E-state index in [2.05, 4.69) is 5.32 Å². The molecule has 5 rings (SSSR count). The van der Waals surface area contributed by atoms with Crippen molar-refractivity contribution in [3.63, 3.8) is 0 Å². The molecule has 1 aliphatic heterocycles. The number of benzene rings is 4. The minimum absolute atomic E-state index is 0.0553. The highest BCUT2D eigenvalue weighted by Gasteiger charge is 2.35. The molecule has 0 radical (unpaired) electrons. The fourth-order valence-corrected chi connectivity index (χ4v) is 4.92. The number of halogens is 1. The second kappa shape index (κ2) is 9.23. The molecule has 174 valence electrons. The van der Waals surface area contributed by atoms with E-state index in [4.69, 9.17) is 0 Å². The summed E-state index contributed by atoms with van der Waals surface area (Å²) < 4.78 is 13.6. The van der Waals surface area contributed by atoms with Crippen LogP contribution in [-0.4, -0.2) is 10.8 Å². The molecule has 1 amide bonds. The third kappa shape index (κ3) is 4.48. The van der Waals surface area contributed by atoms with E-state index < -0.39 is 16.9 Å². The lowest BCUT2D eigenvalue weighted by atomic mass is 10.0. The van der Waals surface area contributed by atoms with Gasteiger partial charge in [-0.2, -0.15) is 0 Å². The van der Waals surface area contributed by atoms with Crippen molar-refractivity contribution in [1.82, 2.24) is 0 Å². The lowest BCUT2D eigenvalue weighted by Gasteiger charge is -2.38. The summed E-state index contributed by atoms with van der Waals surface area (Å²) in [6.07, 6.45) is -0.722. The molecule has 1 N–H and O–H groups in total. The quantitative estimate of drug-likeness (QED) is 0.244. The number of fused-ring (bicyclic) bond motifs is 1. The van der Waals surface area contributed by atoms with Crippen molar-refractivity contribution >= 4 is 34.7 Å².